The zero-order valence-corrected chi connectivity index (χ0v) is 18.0. The zero-order chi connectivity index (χ0) is 18.2. The Hall–Kier alpha value is -2.36. The van der Waals surface area contributed by atoms with Gasteiger partial charge in [0.1, 0.15) is 11.6 Å². The third-order valence-corrected chi connectivity index (χ3v) is 3.97. The first-order valence-corrected chi connectivity index (χ1v) is 8.84. The molecule has 0 aliphatic heterocycles. The molecule has 0 saturated carbocycles. The molecular formula is C19H26IN7. The van der Waals surface area contributed by atoms with Crippen LogP contribution in [0.25, 0.3) is 5.82 Å². The molecule has 0 spiro atoms. The van der Waals surface area contributed by atoms with E-state index in [1.807, 2.05) is 42.1 Å². The Morgan fingerprint density at radius 3 is 2.56 bits per heavy atom. The van der Waals surface area contributed by atoms with Gasteiger partial charge in [0.15, 0.2) is 5.96 Å². The molecule has 3 heterocycles. The van der Waals surface area contributed by atoms with E-state index in [0.717, 1.165) is 42.8 Å². The second-order valence-corrected chi connectivity index (χ2v) is 5.91. The first-order valence-electron chi connectivity index (χ1n) is 8.84. The summed E-state index contributed by atoms with van der Waals surface area (Å²) >= 11 is 0. The fourth-order valence-corrected chi connectivity index (χ4v) is 2.61. The molecule has 0 bridgehead atoms. The molecule has 3 aromatic rings. The number of aryl methyl sites for hydroxylation is 1. The number of rotatable bonds is 7. The maximum absolute atomic E-state index is 4.64. The molecule has 0 saturated heterocycles. The molecule has 7 nitrogen and oxygen atoms in total. The summed E-state index contributed by atoms with van der Waals surface area (Å²) in [6.07, 6.45) is 9.66. The number of pyridine rings is 1. The summed E-state index contributed by atoms with van der Waals surface area (Å²) in [6, 6.07) is 8.10. The minimum Gasteiger partial charge on any atom is -0.357 e. The molecule has 3 rings (SSSR count). The summed E-state index contributed by atoms with van der Waals surface area (Å²) in [6.45, 7) is 7.14. The maximum atomic E-state index is 4.64. The lowest BCUT2D eigenvalue weighted by Gasteiger charge is -2.12. The van der Waals surface area contributed by atoms with E-state index in [1.54, 1.807) is 6.20 Å². The predicted octanol–water partition coefficient (Wildman–Crippen LogP) is 2.75. The summed E-state index contributed by atoms with van der Waals surface area (Å²) in [4.78, 5) is 13.4. The van der Waals surface area contributed by atoms with Gasteiger partial charge >= 0.3 is 0 Å². The van der Waals surface area contributed by atoms with Crippen molar-refractivity contribution >= 4 is 29.9 Å². The summed E-state index contributed by atoms with van der Waals surface area (Å²) in [5.74, 6) is 2.60. The van der Waals surface area contributed by atoms with Gasteiger partial charge in [-0.1, -0.05) is 6.07 Å². The number of guanidine groups is 1. The largest absolute Gasteiger partial charge is 0.357 e. The molecule has 144 valence electrons. The quantitative estimate of drug-likeness (QED) is 0.311. The second-order valence-electron chi connectivity index (χ2n) is 5.91. The highest BCUT2D eigenvalue weighted by Gasteiger charge is 2.02. The van der Waals surface area contributed by atoms with Crippen LogP contribution >= 0.6 is 24.0 Å². The van der Waals surface area contributed by atoms with Crippen LogP contribution in [0.2, 0.25) is 0 Å². The number of halogens is 1. The standard InChI is InChI=1S/C19H25N7.HI/c1-3-20-19(22-8-12-25-10-4-5-11-25)24-15-17-6-7-18(23-14-17)26-13-9-21-16(26)2;/h4-7,9-11,13-14H,3,8,12,15H2,1-2H3,(H2,20,22,24);1H. The Balaban J connectivity index is 0.00000261. The normalized spacial score (nSPS) is 11.1. The smallest absolute Gasteiger partial charge is 0.191 e. The molecule has 0 radical (unpaired) electrons. The van der Waals surface area contributed by atoms with Crippen LogP contribution < -0.4 is 10.6 Å². The third-order valence-electron chi connectivity index (χ3n) is 3.97. The third kappa shape index (κ3) is 6.09. The zero-order valence-electron chi connectivity index (χ0n) is 15.7. The average molecular weight is 479 g/mol. The molecule has 3 aromatic heterocycles. The van der Waals surface area contributed by atoms with Crippen molar-refractivity contribution < 1.29 is 0 Å². The van der Waals surface area contributed by atoms with E-state index in [1.165, 1.54) is 0 Å². The summed E-state index contributed by atoms with van der Waals surface area (Å²) in [7, 11) is 0. The molecule has 2 N–H and O–H groups in total. The van der Waals surface area contributed by atoms with Crippen molar-refractivity contribution in [3.05, 3.63) is 66.6 Å². The molecule has 8 heteroatoms. The lowest BCUT2D eigenvalue weighted by atomic mass is 10.3. The van der Waals surface area contributed by atoms with E-state index in [2.05, 4.69) is 55.5 Å². The number of hydrogen-bond acceptors (Lipinski definition) is 3. The van der Waals surface area contributed by atoms with Crippen molar-refractivity contribution in [2.24, 2.45) is 4.99 Å². The van der Waals surface area contributed by atoms with Crippen molar-refractivity contribution in [2.45, 2.75) is 26.9 Å². The van der Waals surface area contributed by atoms with Gasteiger partial charge in [-0.2, -0.15) is 0 Å². The fraction of sp³-hybridized carbons (Fsp3) is 0.316. The first-order chi connectivity index (χ1) is 12.8. The van der Waals surface area contributed by atoms with Crippen LogP contribution in [0.3, 0.4) is 0 Å². The number of imidazole rings is 1. The van der Waals surface area contributed by atoms with E-state index in [-0.39, 0.29) is 24.0 Å². The number of aliphatic imine (C=N–C) groups is 1. The van der Waals surface area contributed by atoms with Crippen LogP contribution in [0.1, 0.15) is 18.3 Å². The van der Waals surface area contributed by atoms with E-state index in [0.29, 0.717) is 6.54 Å². The Labute approximate surface area is 177 Å². The van der Waals surface area contributed by atoms with Crippen molar-refractivity contribution in [2.75, 3.05) is 13.1 Å². The van der Waals surface area contributed by atoms with Crippen LogP contribution in [0, 0.1) is 6.92 Å². The highest BCUT2D eigenvalue weighted by molar-refractivity contribution is 14.0. The summed E-state index contributed by atoms with van der Waals surface area (Å²) < 4.78 is 4.09. The van der Waals surface area contributed by atoms with Gasteiger partial charge in [0.05, 0.1) is 6.54 Å². The van der Waals surface area contributed by atoms with Gasteiger partial charge in [0, 0.05) is 50.6 Å². The van der Waals surface area contributed by atoms with Crippen LogP contribution in [-0.2, 0) is 13.1 Å². The highest BCUT2D eigenvalue weighted by Crippen LogP contribution is 2.09. The minimum absolute atomic E-state index is 0. The number of aromatic nitrogens is 4. The Morgan fingerprint density at radius 1 is 1.11 bits per heavy atom. The topological polar surface area (TPSA) is 72.1 Å². The molecule has 0 amide bonds. The van der Waals surface area contributed by atoms with Gasteiger partial charge in [-0.25, -0.2) is 15.0 Å². The monoisotopic (exact) mass is 479 g/mol. The Bertz CT molecular complexity index is 822. The van der Waals surface area contributed by atoms with Crippen molar-refractivity contribution in [1.82, 2.24) is 29.7 Å². The van der Waals surface area contributed by atoms with Gasteiger partial charge in [0.2, 0.25) is 0 Å². The number of nitrogens with one attached hydrogen (secondary N) is 2. The van der Waals surface area contributed by atoms with E-state index < -0.39 is 0 Å². The first kappa shape index (κ1) is 20.9. The lowest BCUT2D eigenvalue weighted by molar-refractivity contribution is 0.665. The number of nitrogens with zero attached hydrogens (tertiary/aromatic N) is 5. The Kier molecular flexibility index (Phi) is 8.31. The van der Waals surface area contributed by atoms with Crippen molar-refractivity contribution in [1.29, 1.82) is 0 Å². The van der Waals surface area contributed by atoms with Gasteiger partial charge in [-0.3, -0.25) is 4.57 Å². The molecule has 0 fully saturated rings. The molecule has 0 aliphatic rings. The van der Waals surface area contributed by atoms with E-state index in [4.69, 9.17) is 0 Å². The molecular weight excluding hydrogens is 453 g/mol. The predicted molar refractivity (Wildman–Crippen MR) is 119 cm³/mol. The summed E-state index contributed by atoms with van der Waals surface area (Å²) in [5, 5.41) is 6.63. The van der Waals surface area contributed by atoms with Crippen LogP contribution in [0.5, 0.6) is 0 Å². The molecule has 0 aromatic carbocycles. The molecule has 0 aliphatic carbocycles. The van der Waals surface area contributed by atoms with E-state index in [9.17, 15) is 0 Å². The van der Waals surface area contributed by atoms with Crippen LogP contribution in [0.4, 0.5) is 0 Å². The van der Waals surface area contributed by atoms with E-state index >= 15 is 0 Å². The maximum Gasteiger partial charge on any atom is 0.191 e. The summed E-state index contributed by atoms with van der Waals surface area (Å²) in [5.41, 5.74) is 1.06. The van der Waals surface area contributed by atoms with Gasteiger partial charge < -0.3 is 15.2 Å². The highest BCUT2D eigenvalue weighted by atomic mass is 127. The van der Waals surface area contributed by atoms with Crippen LogP contribution in [0.15, 0.2) is 60.2 Å². The molecule has 0 unspecified atom stereocenters. The number of hydrogen-bond donors (Lipinski definition) is 2. The van der Waals surface area contributed by atoms with Gasteiger partial charge in [-0.15, -0.1) is 24.0 Å². The van der Waals surface area contributed by atoms with Gasteiger partial charge in [0.25, 0.3) is 0 Å². The Morgan fingerprint density at radius 2 is 1.93 bits per heavy atom. The van der Waals surface area contributed by atoms with Gasteiger partial charge in [-0.05, 0) is 37.6 Å². The minimum atomic E-state index is 0. The SMILES string of the molecule is CCNC(=NCc1ccc(-n2ccnc2C)nc1)NCCn1cccc1.I. The lowest BCUT2D eigenvalue weighted by Crippen LogP contribution is -2.38. The van der Waals surface area contributed by atoms with Crippen molar-refractivity contribution in [3.8, 4) is 5.82 Å². The molecule has 27 heavy (non-hydrogen) atoms. The fourth-order valence-electron chi connectivity index (χ4n) is 2.61. The second kappa shape index (κ2) is 10.7. The van der Waals surface area contributed by atoms with Crippen molar-refractivity contribution in [3.63, 3.8) is 0 Å². The average Bonchev–Trinajstić information content (AvgIpc) is 3.32. The molecule has 0 atom stereocenters. The van der Waals surface area contributed by atoms with Crippen LogP contribution in [-0.4, -0.2) is 38.2 Å².